The highest BCUT2D eigenvalue weighted by Gasteiger charge is 2.11. The van der Waals surface area contributed by atoms with Crippen LogP contribution in [0, 0.1) is 0 Å². The van der Waals surface area contributed by atoms with Gasteiger partial charge in [0.15, 0.2) is 0 Å². The van der Waals surface area contributed by atoms with E-state index in [0.717, 1.165) is 11.6 Å². The Morgan fingerprint density at radius 1 is 1.39 bits per heavy atom. The first kappa shape index (κ1) is 15.4. The number of hydrogen-bond acceptors (Lipinski definition) is 5. The molecular weight excluding hydrogens is 318 g/mol. The fourth-order valence-corrected chi connectivity index (χ4v) is 2.29. The Morgan fingerprint density at radius 2 is 2.00 bits per heavy atom. The highest BCUT2D eigenvalue weighted by atomic mass is 79.9. The third kappa shape index (κ3) is 4.89. The molecule has 102 valence electrons. The summed E-state index contributed by atoms with van der Waals surface area (Å²) in [4.78, 5) is 10.5. The molecule has 5 nitrogen and oxygen atoms in total. The van der Waals surface area contributed by atoms with E-state index in [4.69, 9.17) is 0 Å². The largest absolute Gasteiger partial charge is 0.359 e. The van der Waals surface area contributed by atoms with Crippen molar-refractivity contribution in [1.29, 1.82) is 0 Å². The summed E-state index contributed by atoms with van der Waals surface area (Å²) in [6.45, 7) is 4.45. The zero-order chi connectivity index (χ0) is 13.9. The standard InChI is InChI=1S/C11H18BrN3O2S/c1-8(2)11-13-9(12)7-10(14-11)15(3)5-6-18(4,16)17/h7-8H,5-6H2,1-4H3. The van der Waals surface area contributed by atoms with E-state index in [0.29, 0.717) is 11.1 Å². The number of nitrogens with zero attached hydrogens (tertiary/aromatic N) is 3. The summed E-state index contributed by atoms with van der Waals surface area (Å²) in [5.41, 5.74) is 0. The van der Waals surface area contributed by atoms with Crippen LogP contribution < -0.4 is 4.90 Å². The molecule has 0 N–H and O–H groups in total. The van der Waals surface area contributed by atoms with Gasteiger partial charge in [0, 0.05) is 31.8 Å². The van der Waals surface area contributed by atoms with Gasteiger partial charge in [-0.15, -0.1) is 0 Å². The highest BCUT2D eigenvalue weighted by molar-refractivity contribution is 9.10. The molecule has 1 aromatic heterocycles. The van der Waals surface area contributed by atoms with Crippen molar-refractivity contribution in [2.75, 3.05) is 30.5 Å². The predicted octanol–water partition coefficient (Wildman–Crippen LogP) is 1.84. The van der Waals surface area contributed by atoms with Crippen molar-refractivity contribution >= 4 is 31.6 Å². The van der Waals surface area contributed by atoms with Gasteiger partial charge in [-0.2, -0.15) is 0 Å². The van der Waals surface area contributed by atoms with Crippen LogP contribution in [0.2, 0.25) is 0 Å². The summed E-state index contributed by atoms with van der Waals surface area (Å²) in [5.74, 6) is 1.81. The summed E-state index contributed by atoms with van der Waals surface area (Å²) >= 11 is 3.34. The highest BCUT2D eigenvalue weighted by Crippen LogP contribution is 2.19. The van der Waals surface area contributed by atoms with Gasteiger partial charge in [-0.25, -0.2) is 18.4 Å². The molecule has 1 heterocycles. The van der Waals surface area contributed by atoms with Gasteiger partial charge in [0.05, 0.1) is 5.75 Å². The van der Waals surface area contributed by atoms with Crippen LogP contribution in [-0.2, 0) is 9.84 Å². The second-order valence-corrected chi connectivity index (χ2v) is 7.69. The molecule has 0 unspecified atom stereocenters. The van der Waals surface area contributed by atoms with E-state index >= 15 is 0 Å². The van der Waals surface area contributed by atoms with E-state index in [1.807, 2.05) is 25.8 Å². The molecule has 0 fully saturated rings. The lowest BCUT2D eigenvalue weighted by molar-refractivity contribution is 0.601. The van der Waals surface area contributed by atoms with Crippen molar-refractivity contribution in [3.63, 3.8) is 0 Å². The fraction of sp³-hybridized carbons (Fsp3) is 0.636. The Balaban J connectivity index is 2.88. The number of halogens is 1. The zero-order valence-corrected chi connectivity index (χ0v) is 13.4. The minimum absolute atomic E-state index is 0.113. The molecule has 1 rings (SSSR count). The Bertz CT molecular complexity index is 517. The number of hydrogen-bond donors (Lipinski definition) is 0. The van der Waals surface area contributed by atoms with Crippen molar-refractivity contribution in [1.82, 2.24) is 9.97 Å². The van der Waals surface area contributed by atoms with Crippen molar-refractivity contribution in [2.24, 2.45) is 0 Å². The van der Waals surface area contributed by atoms with E-state index in [1.54, 1.807) is 6.07 Å². The molecule has 0 aromatic carbocycles. The van der Waals surface area contributed by atoms with Crippen LogP contribution in [0.3, 0.4) is 0 Å². The Labute approximate surface area is 117 Å². The minimum atomic E-state index is -2.96. The van der Waals surface area contributed by atoms with Gasteiger partial charge in [-0.1, -0.05) is 13.8 Å². The van der Waals surface area contributed by atoms with Crippen molar-refractivity contribution in [3.05, 3.63) is 16.5 Å². The van der Waals surface area contributed by atoms with E-state index in [1.165, 1.54) is 6.26 Å². The summed E-state index contributed by atoms with van der Waals surface area (Å²) in [6, 6.07) is 1.79. The van der Waals surface area contributed by atoms with E-state index in [-0.39, 0.29) is 11.7 Å². The second-order valence-electron chi connectivity index (χ2n) is 4.61. The molecule has 0 saturated carbocycles. The molecule has 0 aliphatic rings. The average Bonchev–Trinajstić information content (AvgIpc) is 2.23. The molecule has 1 aromatic rings. The van der Waals surface area contributed by atoms with Crippen LogP contribution in [0.1, 0.15) is 25.6 Å². The van der Waals surface area contributed by atoms with Gasteiger partial charge in [-0.3, -0.25) is 0 Å². The normalized spacial score (nSPS) is 11.9. The van der Waals surface area contributed by atoms with Crippen LogP contribution in [0.5, 0.6) is 0 Å². The van der Waals surface area contributed by atoms with Crippen molar-refractivity contribution < 1.29 is 8.42 Å². The number of rotatable bonds is 5. The lowest BCUT2D eigenvalue weighted by Gasteiger charge is -2.19. The molecule has 0 amide bonds. The van der Waals surface area contributed by atoms with Gasteiger partial charge >= 0.3 is 0 Å². The Hall–Kier alpha value is -0.690. The molecule has 7 heteroatoms. The maximum atomic E-state index is 11.1. The maximum Gasteiger partial charge on any atom is 0.149 e. The molecule has 0 radical (unpaired) electrons. The van der Waals surface area contributed by atoms with E-state index < -0.39 is 9.84 Å². The molecule has 0 atom stereocenters. The quantitative estimate of drug-likeness (QED) is 0.768. The lowest BCUT2D eigenvalue weighted by Crippen LogP contribution is -2.26. The van der Waals surface area contributed by atoms with Gasteiger partial charge in [-0.05, 0) is 15.9 Å². The smallest absolute Gasteiger partial charge is 0.149 e. The Kier molecular flexibility index (Phi) is 5.10. The monoisotopic (exact) mass is 335 g/mol. The molecule has 0 saturated heterocycles. The molecular formula is C11H18BrN3O2S. The fourth-order valence-electron chi connectivity index (χ4n) is 1.29. The van der Waals surface area contributed by atoms with Crippen LogP contribution in [0.25, 0.3) is 0 Å². The lowest BCUT2D eigenvalue weighted by atomic mass is 10.2. The predicted molar refractivity (Wildman–Crippen MR) is 76.8 cm³/mol. The van der Waals surface area contributed by atoms with Crippen LogP contribution in [0.15, 0.2) is 10.7 Å². The first-order valence-electron chi connectivity index (χ1n) is 5.62. The number of aromatic nitrogens is 2. The summed E-state index contributed by atoms with van der Waals surface area (Å²) in [5, 5.41) is 0. The summed E-state index contributed by atoms with van der Waals surface area (Å²) in [7, 11) is -1.14. The minimum Gasteiger partial charge on any atom is -0.359 e. The van der Waals surface area contributed by atoms with E-state index in [9.17, 15) is 8.42 Å². The number of sulfone groups is 1. The third-order valence-corrected chi connectivity index (χ3v) is 3.73. The zero-order valence-electron chi connectivity index (χ0n) is 11.0. The first-order valence-corrected chi connectivity index (χ1v) is 8.47. The van der Waals surface area contributed by atoms with Gasteiger partial charge < -0.3 is 4.90 Å². The maximum absolute atomic E-state index is 11.1. The summed E-state index contributed by atoms with van der Waals surface area (Å²) < 4.78 is 23.0. The first-order chi connectivity index (χ1) is 8.19. The third-order valence-electron chi connectivity index (χ3n) is 2.40. The average molecular weight is 336 g/mol. The van der Waals surface area contributed by atoms with Crippen LogP contribution in [-0.4, -0.2) is 44.0 Å². The molecule has 0 spiro atoms. The van der Waals surface area contributed by atoms with E-state index in [2.05, 4.69) is 25.9 Å². The second kappa shape index (κ2) is 5.97. The van der Waals surface area contributed by atoms with Crippen LogP contribution >= 0.6 is 15.9 Å². The van der Waals surface area contributed by atoms with Crippen molar-refractivity contribution in [2.45, 2.75) is 19.8 Å². The molecule has 0 aliphatic carbocycles. The molecule has 0 aliphatic heterocycles. The topological polar surface area (TPSA) is 63.2 Å². The summed E-state index contributed by atoms with van der Waals surface area (Å²) in [6.07, 6.45) is 1.23. The SMILES string of the molecule is CC(C)c1nc(Br)cc(N(C)CCS(C)(=O)=O)n1. The molecule has 0 bridgehead atoms. The van der Waals surface area contributed by atoms with Gasteiger partial charge in [0.2, 0.25) is 0 Å². The van der Waals surface area contributed by atoms with Crippen molar-refractivity contribution in [3.8, 4) is 0 Å². The van der Waals surface area contributed by atoms with Gasteiger partial charge in [0.1, 0.15) is 26.1 Å². The molecule has 18 heavy (non-hydrogen) atoms. The number of anilines is 1. The Morgan fingerprint density at radius 3 is 2.50 bits per heavy atom. The van der Waals surface area contributed by atoms with Crippen LogP contribution in [0.4, 0.5) is 5.82 Å². The van der Waals surface area contributed by atoms with Gasteiger partial charge in [0.25, 0.3) is 0 Å².